The Morgan fingerprint density at radius 3 is 1.04 bits per heavy atom. The van der Waals surface area contributed by atoms with Gasteiger partial charge in [-0.15, -0.1) is 0 Å². The minimum atomic E-state index is -1.67. The van der Waals surface area contributed by atoms with E-state index in [-0.39, 0.29) is 12.8 Å². The summed E-state index contributed by atoms with van der Waals surface area (Å²) in [6, 6.07) is -1.18. The molecule has 0 radical (unpaired) electrons. The van der Waals surface area contributed by atoms with Crippen LogP contribution in [0.25, 0.3) is 0 Å². The molecule has 494 valence electrons. The number of carbonyl (C=O) groups excluding carboxylic acids is 1. The molecule has 1 amide bonds. The third kappa shape index (κ3) is 48.5. The first-order valence-electron chi connectivity index (χ1n) is 36.6. The largest absolute Gasteiger partial charge is 0.394 e. The number of unbranched alkanes of at least 4 members (excludes halogenated alkanes) is 51. The van der Waals surface area contributed by atoms with Gasteiger partial charge < -0.3 is 50.5 Å². The van der Waals surface area contributed by atoms with Gasteiger partial charge in [-0.1, -0.05) is 347 Å². The van der Waals surface area contributed by atoms with Gasteiger partial charge in [0.25, 0.3) is 0 Å². The van der Waals surface area contributed by atoms with Gasteiger partial charge in [0.15, 0.2) is 6.29 Å². The molecule has 0 aromatic heterocycles. The Labute approximate surface area is 512 Å². The maximum absolute atomic E-state index is 13.3. The molecule has 1 saturated heterocycles. The van der Waals surface area contributed by atoms with Crippen LogP contribution in [0.1, 0.15) is 373 Å². The quantitative estimate of drug-likeness (QED) is 0.0215. The molecule has 0 spiro atoms. The Morgan fingerprint density at radius 2 is 0.711 bits per heavy atom. The number of rotatable bonds is 65. The second-order valence-corrected chi connectivity index (χ2v) is 26.0. The molecule has 1 fully saturated rings. The molecule has 9 atom stereocenters. The Bertz CT molecular complexity index is 1350. The van der Waals surface area contributed by atoms with E-state index in [1.54, 1.807) is 0 Å². The molecule has 1 aliphatic heterocycles. The van der Waals surface area contributed by atoms with Crippen molar-refractivity contribution in [2.45, 2.75) is 428 Å². The fraction of sp³-hybridized carbons (Fsp3) is 0.958. The van der Waals surface area contributed by atoms with Crippen LogP contribution in [0.15, 0.2) is 12.2 Å². The van der Waals surface area contributed by atoms with E-state index in [2.05, 4.69) is 31.3 Å². The summed E-state index contributed by atoms with van der Waals surface area (Å²) in [4.78, 5) is 13.3. The van der Waals surface area contributed by atoms with Crippen molar-refractivity contribution >= 4 is 5.91 Å². The molecule has 0 saturated carbocycles. The highest BCUT2D eigenvalue weighted by Crippen LogP contribution is 2.24. The number of carbonyl (C=O) groups is 1. The molecule has 0 aliphatic carbocycles. The average molecular weight is 1180 g/mol. The van der Waals surface area contributed by atoms with Crippen molar-refractivity contribution in [2.75, 3.05) is 13.2 Å². The minimum Gasteiger partial charge on any atom is -0.394 e. The summed E-state index contributed by atoms with van der Waals surface area (Å²) in [5.74, 6) is -0.697. The van der Waals surface area contributed by atoms with Crippen LogP contribution in [-0.2, 0) is 14.3 Å². The van der Waals surface area contributed by atoms with E-state index in [0.29, 0.717) is 12.8 Å². The highest BCUT2D eigenvalue weighted by Gasteiger charge is 2.44. The lowest BCUT2D eigenvalue weighted by atomic mass is 9.98. The fourth-order valence-corrected chi connectivity index (χ4v) is 12.2. The maximum Gasteiger partial charge on any atom is 0.249 e. The first-order chi connectivity index (χ1) is 40.7. The van der Waals surface area contributed by atoms with Gasteiger partial charge in [-0.3, -0.25) is 4.79 Å². The van der Waals surface area contributed by atoms with Crippen molar-refractivity contribution in [2.24, 2.45) is 0 Å². The molecule has 8 N–H and O–H groups in total. The number of amides is 1. The highest BCUT2D eigenvalue weighted by atomic mass is 16.7. The van der Waals surface area contributed by atoms with Gasteiger partial charge in [-0.05, 0) is 38.5 Å². The normalized spacial score (nSPS) is 19.0. The predicted molar refractivity (Wildman–Crippen MR) is 349 cm³/mol. The number of hydrogen-bond acceptors (Lipinski definition) is 10. The fourth-order valence-electron chi connectivity index (χ4n) is 12.2. The van der Waals surface area contributed by atoms with Crippen LogP contribution in [0, 0.1) is 0 Å². The second kappa shape index (κ2) is 61.1. The predicted octanol–water partition coefficient (Wildman–Crippen LogP) is 17.8. The van der Waals surface area contributed by atoms with Crippen LogP contribution in [0.2, 0.25) is 0 Å². The minimum absolute atomic E-state index is 0.260. The SMILES string of the molecule is CCCCCCCCCCCCCCCCCCCCCCCCCCCCC/C=C/CCCC(O)C(O)C(COC1OC(CO)C(O)C(O)C1O)NC(=O)C(O)CCCCCCCCCCCCCCCCCCCCCCCCCC. The van der Waals surface area contributed by atoms with E-state index in [1.165, 1.54) is 302 Å². The average Bonchev–Trinajstić information content (AvgIpc) is 3.69. The van der Waals surface area contributed by atoms with Crippen LogP contribution < -0.4 is 5.32 Å². The van der Waals surface area contributed by atoms with E-state index in [1.807, 2.05) is 0 Å². The number of allylic oxidation sites excluding steroid dienone is 2. The Balaban J connectivity index is 2.18. The van der Waals surface area contributed by atoms with E-state index in [4.69, 9.17) is 9.47 Å². The molecule has 11 heteroatoms. The third-order valence-corrected chi connectivity index (χ3v) is 18.1. The van der Waals surface area contributed by atoms with Crippen LogP contribution in [0.4, 0.5) is 0 Å². The monoisotopic (exact) mass is 1180 g/mol. The topological polar surface area (TPSA) is 189 Å². The summed E-state index contributed by atoms with van der Waals surface area (Å²) < 4.78 is 11.2. The molecule has 0 bridgehead atoms. The summed E-state index contributed by atoms with van der Waals surface area (Å²) in [5, 5.41) is 76.5. The molecule has 0 aromatic rings. The van der Waals surface area contributed by atoms with E-state index in [0.717, 1.165) is 32.1 Å². The van der Waals surface area contributed by atoms with Gasteiger partial charge in [0, 0.05) is 0 Å². The number of ether oxygens (including phenoxy) is 2. The van der Waals surface area contributed by atoms with E-state index < -0.39 is 74.2 Å². The van der Waals surface area contributed by atoms with Crippen LogP contribution in [0.3, 0.4) is 0 Å². The summed E-state index contributed by atoms with van der Waals surface area (Å²) in [6.07, 6.45) is 64.6. The third-order valence-electron chi connectivity index (χ3n) is 18.1. The molecule has 11 nitrogen and oxygen atoms in total. The van der Waals surface area contributed by atoms with Crippen molar-refractivity contribution in [3.8, 4) is 0 Å². The number of nitrogens with one attached hydrogen (secondary N) is 1. The van der Waals surface area contributed by atoms with Gasteiger partial charge in [0.05, 0.1) is 25.4 Å². The highest BCUT2D eigenvalue weighted by molar-refractivity contribution is 5.80. The Kier molecular flexibility index (Phi) is 58.8. The smallest absolute Gasteiger partial charge is 0.249 e. The summed E-state index contributed by atoms with van der Waals surface area (Å²) >= 11 is 0. The van der Waals surface area contributed by atoms with Crippen LogP contribution in [0.5, 0.6) is 0 Å². The van der Waals surface area contributed by atoms with E-state index in [9.17, 15) is 40.5 Å². The number of hydrogen-bond donors (Lipinski definition) is 8. The number of aliphatic hydroxyl groups is 7. The molecule has 1 rings (SSSR count). The van der Waals surface area contributed by atoms with Crippen molar-refractivity contribution in [1.29, 1.82) is 0 Å². The van der Waals surface area contributed by atoms with E-state index >= 15 is 0 Å². The van der Waals surface area contributed by atoms with Crippen molar-refractivity contribution in [3.63, 3.8) is 0 Å². The number of aliphatic hydroxyl groups excluding tert-OH is 7. The molecule has 1 heterocycles. The summed E-state index contributed by atoms with van der Waals surface area (Å²) in [6.45, 7) is 3.51. The zero-order valence-corrected chi connectivity index (χ0v) is 54.7. The Morgan fingerprint density at radius 1 is 0.410 bits per heavy atom. The molecule has 9 unspecified atom stereocenters. The lowest BCUT2D eigenvalue weighted by Crippen LogP contribution is -2.60. The second-order valence-electron chi connectivity index (χ2n) is 26.0. The Hall–Kier alpha value is -1.15. The molecule has 83 heavy (non-hydrogen) atoms. The lowest BCUT2D eigenvalue weighted by molar-refractivity contribution is -0.303. The maximum atomic E-state index is 13.3. The lowest BCUT2D eigenvalue weighted by Gasteiger charge is -2.40. The van der Waals surface area contributed by atoms with Gasteiger partial charge >= 0.3 is 0 Å². The zero-order valence-electron chi connectivity index (χ0n) is 54.7. The first kappa shape index (κ1) is 79.9. The summed E-state index contributed by atoms with van der Waals surface area (Å²) in [5.41, 5.74) is 0. The molecule has 1 aliphatic rings. The van der Waals surface area contributed by atoms with Crippen LogP contribution in [-0.4, -0.2) is 110 Å². The zero-order chi connectivity index (χ0) is 60.3. The van der Waals surface area contributed by atoms with Gasteiger partial charge in [-0.25, -0.2) is 0 Å². The standard InChI is InChI=1S/C72H141NO10/c1-3-5-7-9-11-13-15-17-19-21-23-25-27-29-30-31-32-33-34-35-36-38-39-41-43-45-47-49-51-53-55-57-59-64(75)67(77)63(62-82-72-70(80)69(79)68(78)66(61-74)83-72)73-71(81)65(76)60-58-56-54-52-50-48-46-44-42-40-37-28-26-24-22-20-18-16-14-12-10-8-6-4-2/h51,53,63-70,72,74-80H,3-50,52,54-62H2,1-2H3,(H,73,81)/b53-51+. The first-order valence-corrected chi connectivity index (χ1v) is 36.6. The van der Waals surface area contributed by atoms with Crippen LogP contribution >= 0.6 is 0 Å². The van der Waals surface area contributed by atoms with Gasteiger partial charge in [0.2, 0.25) is 5.91 Å². The van der Waals surface area contributed by atoms with Crippen molar-refractivity contribution < 1.29 is 50.0 Å². The van der Waals surface area contributed by atoms with Gasteiger partial charge in [-0.2, -0.15) is 0 Å². The molecule has 0 aromatic carbocycles. The summed E-state index contributed by atoms with van der Waals surface area (Å²) in [7, 11) is 0. The molecular formula is C72H141NO10. The van der Waals surface area contributed by atoms with Crippen molar-refractivity contribution in [3.05, 3.63) is 12.2 Å². The van der Waals surface area contributed by atoms with Gasteiger partial charge in [0.1, 0.15) is 36.6 Å². The van der Waals surface area contributed by atoms with Crippen molar-refractivity contribution in [1.82, 2.24) is 5.32 Å². The molecular weight excluding hydrogens is 1040 g/mol.